The molecule has 3 aromatic rings. The van der Waals surface area contributed by atoms with Crippen LogP contribution in [0.2, 0.25) is 0 Å². The molecule has 1 aromatic heterocycles. The van der Waals surface area contributed by atoms with Gasteiger partial charge in [-0.05, 0) is 37.1 Å². The van der Waals surface area contributed by atoms with E-state index in [2.05, 4.69) is 0 Å². The van der Waals surface area contributed by atoms with E-state index in [0.717, 1.165) is 22.3 Å². The molecule has 0 radical (unpaired) electrons. The zero-order valence-electron chi connectivity index (χ0n) is 14.8. The second-order valence-corrected chi connectivity index (χ2v) is 6.11. The van der Waals surface area contributed by atoms with Crippen LogP contribution in [0.15, 0.2) is 57.7 Å². The van der Waals surface area contributed by atoms with E-state index in [0.29, 0.717) is 11.1 Å². The van der Waals surface area contributed by atoms with Gasteiger partial charge in [0.15, 0.2) is 0 Å². The van der Waals surface area contributed by atoms with Crippen LogP contribution in [0.4, 0.5) is 0 Å². The third-order valence-corrected chi connectivity index (χ3v) is 4.03. The summed E-state index contributed by atoms with van der Waals surface area (Å²) in [6.45, 7) is 4.12. The van der Waals surface area contributed by atoms with Crippen molar-refractivity contribution in [2.45, 2.75) is 26.9 Å². The molecule has 0 aliphatic heterocycles. The largest absolute Gasteiger partial charge is 0.493 e. The number of para-hydroxylation sites is 1. The molecule has 0 unspecified atom stereocenters. The molecule has 5 heteroatoms. The van der Waals surface area contributed by atoms with Gasteiger partial charge in [0, 0.05) is 17.0 Å². The molecule has 0 amide bonds. The van der Waals surface area contributed by atoms with Crippen LogP contribution in [-0.4, -0.2) is 12.6 Å². The summed E-state index contributed by atoms with van der Waals surface area (Å²) in [5.74, 6) is 0.370. The number of hydrogen-bond acceptors (Lipinski definition) is 5. The first kappa shape index (κ1) is 17.7. The number of fused-ring (bicyclic) bond motifs is 1. The van der Waals surface area contributed by atoms with Gasteiger partial charge in [0.1, 0.15) is 17.9 Å². The number of hydrogen-bond donors (Lipinski definition) is 0. The Morgan fingerprint density at radius 2 is 1.88 bits per heavy atom. The zero-order valence-corrected chi connectivity index (χ0v) is 14.8. The van der Waals surface area contributed by atoms with Gasteiger partial charge in [-0.2, -0.15) is 0 Å². The zero-order chi connectivity index (χ0) is 18.5. The van der Waals surface area contributed by atoms with Crippen LogP contribution in [-0.2, 0) is 16.1 Å². The number of rotatable bonds is 6. The van der Waals surface area contributed by atoms with Crippen molar-refractivity contribution in [1.29, 1.82) is 0 Å². The Kier molecular flexibility index (Phi) is 5.37. The molecule has 0 aliphatic carbocycles. The summed E-state index contributed by atoms with van der Waals surface area (Å²) < 4.78 is 16.1. The van der Waals surface area contributed by atoms with Crippen molar-refractivity contribution in [2.24, 2.45) is 0 Å². The maximum atomic E-state index is 12.0. The fraction of sp³-hybridized carbons (Fsp3) is 0.238. The van der Waals surface area contributed by atoms with E-state index in [-0.39, 0.29) is 25.6 Å². The average Bonchev–Trinajstić information content (AvgIpc) is 2.60. The molecular formula is C21H20O5. The Morgan fingerprint density at radius 1 is 1.08 bits per heavy atom. The molecule has 0 saturated carbocycles. The van der Waals surface area contributed by atoms with Crippen molar-refractivity contribution in [3.05, 3.63) is 75.6 Å². The molecule has 0 N–H and O–H groups in total. The van der Waals surface area contributed by atoms with Crippen LogP contribution < -0.4 is 10.4 Å². The lowest BCUT2D eigenvalue weighted by Crippen LogP contribution is -2.11. The number of benzene rings is 2. The van der Waals surface area contributed by atoms with Gasteiger partial charge in [-0.25, -0.2) is 4.79 Å². The molecule has 3 rings (SSSR count). The molecule has 0 aliphatic rings. The van der Waals surface area contributed by atoms with Crippen molar-refractivity contribution in [3.8, 4) is 5.75 Å². The highest BCUT2D eigenvalue weighted by molar-refractivity contribution is 5.81. The highest BCUT2D eigenvalue weighted by atomic mass is 16.5. The van der Waals surface area contributed by atoms with Gasteiger partial charge < -0.3 is 13.9 Å². The normalized spacial score (nSPS) is 10.7. The van der Waals surface area contributed by atoms with Crippen molar-refractivity contribution >= 4 is 16.9 Å². The fourth-order valence-electron chi connectivity index (χ4n) is 2.65. The van der Waals surface area contributed by atoms with E-state index < -0.39 is 5.63 Å². The summed E-state index contributed by atoms with van der Waals surface area (Å²) in [5, 5.41) is 0.763. The summed E-state index contributed by atoms with van der Waals surface area (Å²) in [5.41, 5.74) is 2.66. The first-order valence-corrected chi connectivity index (χ1v) is 8.40. The summed E-state index contributed by atoms with van der Waals surface area (Å²) in [4.78, 5) is 23.7. The van der Waals surface area contributed by atoms with E-state index in [1.165, 1.54) is 6.07 Å². The molecule has 134 valence electrons. The van der Waals surface area contributed by atoms with E-state index in [4.69, 9.17) is 13.9 Å². The fourth-order valence-corrected chi connectivity index (χ4v) is 2.65. The first-order valence-electron chi connectivity index (χ1n) is 8.40. The van der Waals surface area contributed by atoms with Crippen LogP contribution in [0.5, 0.6) is 5.75 Å². The molecule has 0 atom stereocenters. The quantitative estimate of drug-likeness (QED) is 0.497. The molecule has 0 fully saturated rings. The van der Waals surface area contributed by atoms with Crippen LogP contribution in [0.3, 0.4) is 0 Å². The first-order chi connectivity index (χ1) is 12.5. The van der Waals surface area contributed by atoms with Crippen molar-refractivity contribution < 1.29 is 18.7 Å². The number of aryl methyl sites for hydroxylation is 2. The lowest BCUT2D eigenvalue weighted by molar-refractivity contribution is -0.145. The monoisotopic (exact) mass is 352 g/mol. The van der Waals surface area contributed by atoms with Crippen LogP contribution in [0.25, 0.3) is 11.0 Å². The van der Waals surface area contributed by atoms with E-state index in [1.54, 1.807) is 6.07 Å². The van der Waals surface area contributed by atoms with Gasteiger partial charge in [0.2, 0.25) is 0 Å². The minimum absolute atomic E-state index is 0.0222. The summed E-state index contributed by atoms with van der Waals surface area (Å²) in [6.07, 6.45) is 0.132. The molecule has 26 heavy (non-hydrogen) atoms. The van der Waals surface area contributed by atoms with Crippen molar-refractivity contribution in [2.75, 3.05) is 6.61 Å². The van der Waals surface area contributed by atoms with Gasteiger partial charge in [-0.1, -0.05) is 30.3 Å². The number of esters is 1. The second kappa shape index (κ2) is 7.87. The van der Waals surface area contributed by atoms with Crippen molar-refractivity contribution in [1.82, 2.24) is 0 Å². The maximum absolute atomic E-state index is 12.0. The minimum atomic E-state index is -0.461. The molecular weight excluding hydrogens is 332 g/mol. The summed E-state index contributed by atoms with van der Waals surface area (Å²) in [7, 11) is 0. The van der Waals surface area contributed by atoms with Gasteiger partial charge in [-0.3, -0.25) is 4.79 Å². The van der Waals surface area contributed by atoms with E-state index in [9.17, 15) is 9.59 Å². The number of ether oxygens (including phenoxy) is 2. The van der Waals surface area contributed by atoms with Crippen LogP contribution in [0, 0.1) is 13.8 Å². The number of carbonyl (C=O) groups is 1. The Labute approximate surface area is 151 Å². The standard InChI is InChI=1S/C21H20O5/c1-14-7-8-17-16(12-21(23)26-19(17)11-14)13-25-20(22)9-10-24-18-6-4-3-5-15(18)2/h3-8,11-12H,9-10,13H2,1-2H3. The highest BCUT2D eigenvalue weighted by Gasteiger charge is 2.10. The molecule has 0 spiro atoms. The third kappa shape index (κ3) is 4.30. The van der Waals surface area contributed by atoms with Crippen molar-refractivity contribution in [3.63, 3.8) is 0 Å². The Bertz CT molecular complexity index is 987. The lowest BCUT2D eigenvalue weighted by Gasteiger charge is -2.10. The lowest BCUT2D eigenvalue weighted by atomic mass is 10.1. The maximum Gasteiger partial charge on any atom is 0.336 e. The molecule has 2 aromatic carbocycles. The predicted molar refractivity (Wildman–Crippen MR) is 98.3 cm³/mol. The van der Waals surface area contributed by atoms with Gasteiger partial charge in [0.05, 0.1) is 13.0 Å². The van der Waals surface area contributed by atoms with Crippen LogP contribution >= 0.6 is 0 Å². The van der Waals surface area contributed by atoms with E-state index >= 15 is 0 Å². The molecule has 0 bridgehead atoms. The predicted octanol–water partition coefficient (Wildman–Crippen LogP) is 3.92. The van der Waals surface area contributed by atoms with Gasteiger partial charge >= 0.3 is 11.6 Å². The molecule has 1 heterocycles. The highest BCUT2D eigenvalue weighted by Crippen LogP contribution is 2.19. The smallest absolute Gasteiger partial charge is 0.336 e. The Morgan fingerprint density at radius 3 is 2.69 bits per heavy atom. The van der Waals surface area contributed by atoms with Crippen LogP contribution in [0.1, 0.15) is 23.1 Å². The Hall–Kier alpha value is -3.08. The topological polar surface area (TPSA) is 65.7 Å². The SMILES string of the molecule is Cc1ccc2c(COC(=O)CCOc3ccccc3C)cc(=O)oc2c1. The summed E-state index contributed by atoms with van der Waals surface area (Å²) >= 11 is 0. The Balaban J connectivity index is 1.59. The summed E-state index contributed by atoms with van der Waals surface area (Å²) in [6, 6.07) is 14.5. The molecule has 0 saturated heterocycles. The van der Waals surface area contributed by atoms with Gasteiger partial charge in [0.25, 0.3) is 0 Å². The third-order valence-electron chi connectivity index (χ3n) is 4.03. The number of carbonyl (C=O) groups excluding carboxylic acids is 1. The second-order valence-electron chi connectivity index (χ2n) is 6.11. The molecule has 5 nitrogen and oxygen atoms in total. The average molecular weight is 352 g/mol. The van der Waals surface area contributed by atoms with Gasteiger partial charge in [-0.15, -0.1) is 0 Å². The van der Waals surface area contributed by atoms with E-state index in [1.807, 2.05) is 50.2 Å². The minimum Gasteiger partial charge on any atom is -0.493 e.